The van der Waals surface area contributed by atoms with Gasteiger partial charge in [-0.1, -0.05) is 17.8 Å². The lowest BCUT2D eigenvalue weighted by Gasteiger charge is -2.51. The smallest absolute Gasteiger partial charge is 0.282 e. The highest BCUT2D eigenvalue weighted by Gasteiger charge is 2.50. The van der Waals surface area contributed by atoms with Gasteiger partial charge in [0.2, 0.25) is 5.95 Å². The Hall–Kier alpha value is -2.83. The van der Waals surface area contributed by atoms with Gasteiger partial charge in [0.25, 0.3) is 10.2 Å². The van der Waals surface area contributed by atoms with Crippen molar-refractivity contribution in [1.82, 2.24) is 28.5 Å². The highest BCUT2D eigenvalue weighted by Crippen LogP contribution is 2.40. The van der Waals surface area contributed by atoms with E-state index in [4.69, 9.17) is 15.2 Å². The molecule has 0 aromatic carbocycles. The molecule has 14 heteroatoms. The van der Waals surface area contributed by atoms with E-state index in [-0.39, 0.29) is 43.7 Å². The number of hydrogen-bond donors (Lipinski definition) is 3. The molecule has 196 valence electrons. The molecule has 6 rings (SSSR count). The summed E-state index contributed by atoms with van der Waals surface area (Å²) in [7, 11) is -1.61. The van der Waals surface area contributed by atoms with Crippen molar-refractivity contribution < 1.29 is 13.5 Å². The maximum Gasteiger partial charge on any atom is 0.282 e. The standard InChI is InChI=1S/C23H29N9O3S2/c1-30(22-27-20-19(5-6-25-20)21(28-22)29-23-26-10-18(13-33)36-23)17-7-15-3-2-4-16(8-17)32(15)37(34,35)31-11-14(9-24)12-31/h5-6,10,14-17,33H,2-4,7-8,11-13H2,1H3,(H2,25,26,27,28,29). The fourth-order valence-electron chi connectivity index (χ4n) is 5.73. The fraction of sp³-hybridized carbons (Fsp3) is 0.565. The van der Waals surface area contributed by atoms with Gasteiger partial charge in [-0.05, 0) is 31.7 Å². The van der Waals surface area contributed by atoms with Gasteiger partial charge in [-0.25, -0.2) is 4.98 Å². The molecule has 3 saturated heterocycles. The van der Waals surface area contributed by atoms with Gasteiger partial charge < -0.3 is 20.3 Å². The number of aliphatic hydroxyl groups is 1. The normalized spacial score (nSPS) is 25.1. The average molecular weight is 544 g/mol. The van der Waals surface area contributed by atoms with Gasteiger partial charge in [-0.15, -0.1) is 0 Å². The molecule has 0 amide bonds. The molecule has 0 spiro atoms. The summed E-state index contributed by atoms with van der Waals surface area (Å²) in [6.07, 6.45) is 7.52. The summed E-state index contributed by atoms with van der Waals surface area (Å²) >= 11 is 1.36. The van der Waals surface area contributed by atoms with Crippen molar-refractivity contribution in [1.29, 1.82) is 5.26 Å². The number of aromatic nitrogens is 4. The van der Waals surface area contributed by atoms with E-state index < -0.39 is 10.2 Å². The zero-order chi connectivity index (χ0) is 25.7. The number of nitriles is 1. The van der Waals surface area contributed by atoms with E-state index in [1.165, 1.54) is 15.6 Å². The Balaban J connectivity index is 1.24. The number of piperidine rings is 2. The number of aromatic amines is 1. The van der Waals surface area contributed by atoms with Gasteiger partial charge in [-0.2, -0.15) is 32.3 Å². The molecule has 3 aromatic rings. The maximum atomic E-state index is 13.4. The fourth-order valence-corrected chi connectivity index (χ4v) is 8.54. The van der Waals surface area contributed by atoms with Gasteiger partial charge in [0.05, 0.1) is 28.9 Å². The summed E-state index contributed by atoms with van der Waals surface area (Å²) in [4.78, 5) is 19.9. The highest BCUT2D eigenvalue weighted by atomic mass is 32.2. The molecule has 0 radical (unpaired) electrons. The zero-order valence-electron chi connectivity index (χ0n) is 20.4. The third-order valence-electron chi connectivity index (χ3n) is 7.71. The second kappa shape index (κ2) is 9.48. The molecule has 3 aromatic heterocycles. The Kier molecular flexibility index (Phi) is 6.28. The monoisotopic (exact) mass is 543 g/mol. The number of H-pyrrole nitrogens is 1. The molecule has 2 bridgehead atoms. The minimum atomic E-state index is -3.58. The van der Waals surface area contributed by atoms with Gasteiger partial charge in [0.1, 0.15) is 11.5 Å². The summed E-state index contributed by atoms with van der Waals surface area (Å²) in [5.74, 6) is 0.966. The van der Waals surface area contributed by atoms with Crippen LogP contribution in [0.2, 0.25) is 0 Å². The highest BCUT2D eigenvalue weighted by molar-refractivity contribution is 7.86. The lowest BCUT2D eigenvalue weighted by atomic mass is 9.83. The SMILES string of the molecule is CN(c1nc(Nc2ncc(CO)s2)c2cc[nH]c2n1)C1CC2CCCC(C1)N2S(=O)(=O)N1CC(C#N)C1. The van der Waals surface area contributed by atoms with Crippen LogP contribution in [0, 0.1) is 17.2 Å². The number of rotatable bonds is 7. The number of nitrogens with zero attached hydrogens (tertiary/aromatic N) is 7. The average Bonchev–Trinajstić information content (AvgIpc) is 3.51. The van der Waals surface area contributed by atoms with Crippen LogP contribution in [0.3, 0.4) is 0 Å². The van der Waals surface area contributed by atoms with Crippen molar-refractivity contribution in [3.63, 3.8) is 0 Å². The molecular formula is C23H29N9O3S2. The molecule has 3 aliphatic heterocycles. The molecule has 2 atom stereocenters. The molecule has 0 saturated carbocycles. The number of nitrogens with one attached hydrogen (secondary N) is 2. The zero-order valence-corrected chi connectivity index (χ0v) is 22.0. The van der Waals surface area contributed by atoms with Crippen molar-refractivity contribution >= 4 is 49.5 Å². The molecule has 3 N–H and O–H groups in total. The quantitative estimate of drug-likeness (QED) is 0.407. The Morgan fingerprint density at radius 3 is 2.73 bits per heavy atom. The molecule has 12 nitrogen and oxygen atoms in total. The molecule has 2 unspecified atom stereocenters. The Morgan fingerprint density at radius 1 is 1.30 bits per heavy atom. The first-order chi connectivity index (χ1) is 17.9. The lowest BCUT2D eigenvalue weighted by Crippen LogP contribution is -2.64. The van der Waals surface area contributed by atoms with Crippen LogP contribution in [0.4, 0.5) is 16.9 Å². The van der Waals surface area contributed by atoms with Crippen molar-refractivity contribution in [3.05, 3.63) is 23.3 Å². The molecular weight excluding hydrogens is 514 g/mol. The van der Waals surface area contributed by atoms with E-state index in [9.17, 15) is 13.5 Å². The maximum absolute atomic E-state index is 13.4. The van der Waals surface area contributed by atoms with Crippen molar-refractivity contribution in [2.75, 3.05) is 30.4 Å². The number of anilines is 3. The minimum Gasteiger partial charge on any atom is -0.391 e. The van der Waals surface area contributed by atoms with Crippen LogP contribution in [0.1, 0.15) is 37.0 Å². The summed E-state index contributed by atoms with van der Waals surface area (Å²) in [6, 6.07) is 4.00. The van der Waals surface area contributed by atoms with Crippen LogP contribution in [0.25, 0.3) is 11.0 Å². The minimum absolute atomic E-state index is 0.0654. The third-order valence-corrected chi connectivity index (χ3v) is 10.7. The van der Waals surface area contributed by atoms with Gasteiger partial charge in [0.15, 0.2) is 5.13 Å². The van der Waals surface area contributed by atoms with E-state index in [2.05, 4.69) is 26.3 Å². The first-order valence-electron chi connectivity index (χ1n) is 12.5. The van der Waals surface area contributed by atoms with E-state index in [0.717, 1.165) is 29.5 Å². The van der Waals surface area contributed by atoms with Crippen LogP contribution in [0.5, 0.6) is 0 Å². The van der Waals surface area contributed by atoms with Gasteiger partial charge >= 0.3 is 0 Å². The van der Waals surface area contributed by atoms with Crippen LogP contribution in [0.15, 0.2) is 18.5 Å². The molecule has 0 aliphatic carbocycles. The van der Waals surface area contributed by atoms with Crippen LogP contribution in [-0.2, 0) is 16.8 Å². The number of fused-ring (bicyclic) bond motifs is 3. The number of hydrogen-bond acceptors (Lipinski definition) is 10. The van der Waals surface area contributed by atoms with Gasteiger partial charge in [-0.3, -0.25) is 0 Å². The second-order valence-corrected chi connectivity index (χ2v) is 12.9. The van der Waals surface area contributed by atoms with Crippen molar-refractivity contribution in [3.8, 4) is 6.07 Å². The van der Waals surface area contributed by atoms with E-state index in [1.54, 1.807) is 10.5 Å². The number of thiazole rings is 1. The molecule has 6 heterocycles. The Morgan fingerprint density at radius 2 is 2.05 bits per heavy atom. The van der Waals surface area contributed by atoms with E-state index >= 15 is 0 Å². The van der Waals surface area contributed by atoms with Gasteiger partial charge in [0, 0.05) is 50.7 Å². The van der Waals surface area contributed by atoms with Crippen LogP contribution in [-0.4, -0.2) is 80.3 Å². The number of aliphatic hydroxyl groups excluding tert-OH is 1. The molecule has 37 heavy (non-hydrogen) atoms. The molecule has 3 fully saturated rings. The second-order valence-electron chi connectivity index (χ2n) is 9.98. The predicted octanol–water partition coefficient (Wildman–Crippen LogP) is 2.17. The molecule has 3 aliphatic rings. The Labute approximate surface area is 219 Å². The Bertz CT molecular complexity index is 1430. The van der Waals surface area contributed by atoms with Crippen LogP contribution >= 0.6 is 11.3 Å². The lowest BCUT2D eigenvalue weighted by molar-refractivity contribution is 0.0930. The third kappa shape index (κ3) is 4.34. The topological polar surface area (TPSA) is 154 Å². The van der Waals surface area contributed by atoms with Crippen molar-refractivity contribution in [2.24, 2.45) is 5.92 Å². The van der Waals surface area contributed by atoms with Crippen molar-refractivity contribution in [2.45, 2.75) is 56.8 Å². The van der Waals surface area contributed by atoms with E-state index in [0.29, 0.717) is 35.4 Å². The van der Waals surface area contributed by atoms with E-state index in [1.807, 2.05) is 19.3 Å². The largest absolute Gasteiger partial charge is 0.391 e. The van der Waals surface area contributed by atoms with Crippen LogP contribution < -0.4 is 10.2 Å². The predicted molar refractivity (Wildman–Crippen MR) is 139 cm³/mol. The first-order valence-corrected chi connectivity index (χ1v) is 14.7. The summed E-state index contributed by atoms with van der Waals surface area (Å²) in [6.45, 7) is 0.512. The first kappa shape index (κ1) is 24.5. The summed E-state index contributed by atoms with van der Waals surface area (Å²) in [5.41, 5.74) is 0.698. The summed E-state index contributed by atoms with van der Waals surface area (Å²) < 4.78 is 30.0. The summed E-state index contributed by atoms with van der Waals surface area (Å²) in [5, 5.41) is 23.2.